The van der Waals surface area contributed by atoms with Gasteiger partial charge in [0.25, 0.3) is 11.5 Å². The first kappa shape index (κ1) is 32.9. The molecular weight excluding hydrogens is 654 g/mol. The molecule has 11 nitrogen and oxygen atoms in total. The molecule has 0 spiro atoms. The minimum absolute atomic E-state index is 0.149. The van der Waals surface area contributed by atoms with Gasteiger partial charge in [0.15, 0.2) is 5.65 Å². The largest absolute Gasteiger partial charge is 0.494 e. The zero-order valence-corrected chi connectivity index (χ0v) is 30.1. The molecule has 52 heavy (non-hydrogen) atoms. The highest BCUT2D eigenvalue weighted by atomic mass is 16.5. The van der Waals surface area contributed by atoms with Crippen molar-refractivity contribution in [3.05, 3.63) is 76.2 Å². The van der Waals surface area contributed by atoms with E-state index in [0.29, 0.717) is 40.2 Å². The second-order valence-electron chi connectivity index (χ2n) is 16.2. The van der Waals surface area contributed by atoms with Crippen LogP contribution >= 0.6 is 0 Å². The predicted molar refractivity (Wildman–Crippen MR) is 201 cm³/mol. The summed E-state index contributed by atoms with van der Waals surface area (Å²) in [5, 5.41) is 7.06. The third kappa shape index (κ3) is 6.28. The summed E-state index contributed by atoms with van der Waals surface area (Å²) in [4.78, 5) is 53.6. The van der Waals surface area contributed by atoms with Gasteiger partial charge in [-0.2, -0.15) is 4.98 Å². The molecule has 6 aliphatic rings. The van der Waals surface area contributed by atoms with Crippen molar-refractivity contribution in [3.8, 4) is 11.4 Å². The van der Waals surface area contributed by atoms with E-state index in [1.807, 2.05) is 19.1 Å². The number of rotatable bonds is 9. The Morgan fingerprint density at radius 2 is 1.65 bits per heavy atom. The number of hydrogen-bond donors (Lipinski definition) is 2. The molecule has 4 bridgehead atoms. The molecule has 2 amide bonds. The molecule has 2 N–H and O–H groups in total. The number of aryl methyl sites for hydroxylation is 1. The number of nitrogens with zero attached hydrogens (tertiary/aromatic N) is 5. The molecule has 0 radical (unpaired) electrons. The molecule has 0 unspecified atom stereocenters. The number of piperazine rings is 1. The molecule has 0 atom stereocenters. The first-order valence-electron chi connectivity index (χ1n) is 19.0. The van der Waals surface area contributed by atoms with Crippen molar-refractivity contribution in [2.45, 2.75) is 70.8 Å². The van der Waals surface area contributed by atoms with E-state index >= 15 is 0 Å². The molecule has 1 aliphatic heterocycles. The SMILES string of the molecule is COc1cc(N2CCN(C(=O)CC34CC5CC(CC(C5)C3)C4)CC2)ccc1Nc1ncc2c(C)cc(=O)n(-c3cccc(C(=O)NC4CC4)c3)c2n1. The van der Waals surface area contributed by atoms with Gasteiger partial charge in [-0.05, 0) is 117 Å². The maximum absolute atomic E-state index is 13.6. The van der Waals surface area contributed by atoms with Crippen LogP contribution < -0.4 is 25.8 Å². The summed E-state index contributed by atoms with van der Waals surface area (Å²) in [7, 11) is 1.64. The van der Waals surface area contributed by atoms with E-state index in [9.17, 15) is 14.4 Å². The highest BCUT2D eigenvalue weighted by Gasteiger charge is 2.51. The smallest absolute Gasteiger partial charge is 0.257 e. The lowest BCUT2D eigenvalue weighted by Crippen LogP contribution is -2.52. The Balaban J connectivity index is 0.902. The number of carbonyl (C=O) groups excluding carboxylic acids is 2. The van der Waals surface area contributed by atoms with Crippen molar-refractivity contribution < 1.29 is 14.3 Å². The van der Waals surface area contributed by atoms with Crippen LogP contribution in [0.15, 0.2) is 59.5 Å². The van der Waals surface area contributed by atoms with Gasteiger partial charge in [-0.25, -0.2) is 4.98 Å². The van der Waals surface area contributed by atoms with Gasteiger partial charge in [0.1, 0.15) is 5.75 Å². The Bertz CT molecular complexity index is 2080. The van der Waals surface area contributed by atoms with E-state index in [-0.39, 0.29) is 22.9 Å². The standard InChI is InChI=1S/C41H47N7O4/c1-25-14-36(49)48(32-5-3-4-29(18-32)39(51)43-30-6-7-30)38-33(25)24-42-40(45-38)44-34-9-8-31(19-35(34)52-2)46-10-12-47(13-11-46)37(50)23-41-20-26-15-27(21-41)17-28(16-26)22-41/h3-5,8-9,14,18-19,24,26-28,30H,6-7,10-13,15-17,20-23H2,1-2H3,(H,43,51)(H,42,44,45). The molecule has 3 heterocycles. The van der Waals surface area contributed by atoms with Gasteiger partial charge in [-0.1, -0.05) is 6.07 Å². The summed E-state index contributed by atoms with van der Waals surface area (Å²) in [5.74, 6) is 3.72. The van der Waals surface area contributed by atoms with Crippen LogP contribution in [0.25, 0.3) is 16.7 Å². The van der Waals surface area contributed by atoms with E-state index < -0.39 is 0 Å². The Kier molecular flexibility index (Phi) is 8.19. The number of benzene rings is 2. The summed E-state index contributed by atoms with van der Waals surface area (Å²) < 4.78 is 7.35. The van der Waals surface area contributed by atoms with E-state index in [2.05, 4.69) is 31.5 Å². The molecular formula is C41H47N7O4. The quantitative estimate of drug-likeness (QED) is 0.219. The fourth-order valence-corrected chi connectivity index (χ4v) is 10.1. The Labute approximate surface area is 303 Å². The van der Waals surface area contributed by atoms with Gasteiger partial charge in [0, 0.05) is 73.6 Å². The molecule has 6 fully saturated rings. The topological polar surface area (TPSA) is 122 Å². The van der Waals surface area contributed by atoms with Crippen LogP contribution in [0.5, 0.6) is 5.75 Å². The van der Waals surface area contributed by atoms with Gasteiger partial charge < -0.3 is 25.2 Å². The van der Waals surface area contributed by atoms with Gasteiger partial charge >= 0.3 is 0 Å². The summed E-state index contributed by atoms with van der Waals surface area (Å²) in [5.41, 5.74) is 4.00. The number of hydrogen-bond acceptors (Lipinski definition) is 8. The van der Waals surface area contributed by atoms with Gasteiger partial charge in [-0.15, -0.1) is 0 Å². The second-order valence-corrected chi connectivity index (χ2v) is 16.2. The predicted octanol–water partition coefficient (Wildman–Crippen LogP) is 5.99. The van der Waals surface area contributed by atoms with Crippen molar-refractivity contribution >= 4 is 40.2 Å². The summed E-state index contributed by atoms with van der Waals surface area (Å²) in [6.45, 7) is 4.87. The number of aromatic nitrogens is 3. The number of fused-ring (bicyclic) bond motifs is 1. The summed E-state index contributed by atoms with van der Waals surface area (Å²) >= 11 is 0. The summed E-state index contributed by atoms with van der Waals surface area (Å²) in [6, 6.07) is 14.9. The Hall–Kier alpha value is -4.93. The highest BCUT2D eigenvalue weighted by Crippen LogP contribution is 2.61. The average molecular weight is 702 g/mol. The number of anilines is 3. The monoisotopic (exact) mass is 701 g/mol. The second kappa shape index (κ2) is 12.9. The maximum Gasteiger partial charge on any atom is 0.257 e. The Morgan fingerprint density at radius 1 is 0.923 bits per heavy atom. The molecule has 10 rings (SSSR count). The van der Waals surface area contributed by atoms with Crippen molar-refractivity contribution in [1.82, 2.24) is 24.8 Å². The lowest BCUT2D eigenvalue weighted by Gasteiger charge is -2.57. The number of amides is 2. The number of methoxy groups -OCH3 is 1. The van der Waals surface area contributed by atoms with E-state index in [1.165, 1.54) is 43.1 Å². The first-order chi connectivity index (χ1) is 25.2. The average Bonchev–Trinajstić information content (AvgIpc) is 3.95. The highest BCUT2D eigenvalue weighted by molar-refractivity contribution is 5.95. The van der Waals surface area contributed by atoms with E-state index in [1.54, 1.807) is 43.6 Å². The van der Waals surface area contributed by atoms with Crippen LogP contribution in [0.1, 0.15) is 73.7 Å². The third-order valence-electron chi connectivity index (χ3n) is 12.4. The van der Waals surface area contributed by atoms with Gasteiger partial charge in [-0.3, -0.25) is 19.0 Å². The molecule has 5 aliphatic carbocycles. The normalized spacial score (nSPS) is 25.0. The van der Waals surface area contributed by atoms with Crippen LogP contribution in [-0.4, -0.2) is 70.6 Å². The maximum atomic E-state index is 13.6. The van der Waals surface area contributed by atoms with Crippen molar-refractivity contribution in [2.24, 2.45) is 23.2 Å². The molecule has 270 valence electrons. The minimum atomic E-state index is -0.245. The fraction of sp³-hybridized carbons (Fsp3) is 0.488. The lowest BCUT2D eigenvalue weighted by molar-refractivity contribution is -0.139. The van der Waals surface area contributed by atoms with Crippen LogP contribution in [0.3, 0.4) is 0 Å². The molecule has 2 aromatic carbocycles. The molecule has 11 heteroatoms. The van der Waals surface area contributed by atoms with E-state index in [0.717, 1.165) is 79.8 Å². The van der Waals surface area contributed by atoms with Crippen LogP contribution in [-0.2, 0) is 4.79 Å². The fourth-order valence-electron chi connectivity index (χ4n) is 10.1. The molecule has 5 saturated carbocycles. The first-order valence-corrected chi connectivity index (χ1v) is 19.0. The van der Waals surface area contributed by atoms with Crippen molar-refractivity contribution in [2.75, 3.05) is 43.5 Å². The number of nitrogens with one attached hydrogen (secondary N) is 2. The van der Waals surface area contributed by atoms with Crippen LogP contribution in [0.2, 0.25) is 0 Å². The van der Waals surface area contributed by atoms with Gasteiger partial charge in [0.05, 0.1) is 18.5 Å². The molecule has 4 aromatic rings. The zero-order chi connectivity index (χ0) is 35.6. The van der Waals surface area contributed by atoms with Crippen molar-refractivity contribution in [3.63, 3.8) is 0 Å². The number of ether oxygens (including phenoxy) is 1. The molecule has 1 saturated heterocycles. The van der Waals surface area contributed by atoms with Crippen LogP contribution in [0, 0.1) is 30.1 Å². The third-order valence-corrected chi connectivity index (χ3v) is 12.4. The number of pyridine rings is 1. The van der Waals surface area contributed by atoms with Crippen LogP contribution in [0.4, 0.5) is 17.3 Å². The van der Waals surface area contributed by atoms with Crippen molar-refractivity contribution in [1.29, 1.82) is 0 Å². The Morgan fingerprint density at radius 3 is 2.35 bits per heavy atom. The number of carbonyl (C=O) groups is 2. The summed E-state index contributed by atoms with van der Waals surface area (Å²) in [6.07, 6.45) is 12.4. The van der Waals surface area contributed by atoms with Gasteiger partial charge in [0.2, 0.25) is 11.9 Å². The minimum Gasteiger partial charge on any atom is -0.494 e. The van der Waals surface area contributed by atoms with E-state index in [4.69, 9.17) is 9.72 Å². The molecule has 2 aromatic heterocycles. The lowest BCUT2D eigenvalue weighted by atomic mass is 9.49. The zero-order valence-electron chi connectivity index (χ0n) is 30.1.